The zero-order valence-electron chi connectivity index (χ0n) is 24.4. The lowest BCUT2D eigenvalue weighted by Gasteiger charge is -2.39. The summed E-state index contributed by atoms with van der Waals surface area (Å²) in [5.74, 6) is -1.55. The summed E-state index contributed by atoms with van der Waals surface area (Å²) in [4.78, 5) is 45.9. The third-order valence-electron chi connectivity index (χ3n) is 6.59. The summed E-state index contributed by atoms with van der Waals surface area (Å²) in [6.45, 7) is 11.0. The molecule has 0 aromatic carbocycles. The van der Waals surface area contributed by atoms with Crippen LogP contribution in [0.15, 0.2) is 5.38 Å². The molecule has 0 aliphatic carbocycles. The number of carbonyl (C=O) groups is 3. The number of aromatic carboxylic acids is 1. The lowest BCUT2D eigenvalue weighted by molar-refractivity contribution is -0.148. The number of hydrogen-bond donors (Lipinski definition) is 2. The summed E-state index contributed by atoms with van der Waals surface area (Å²) in [7, 11) is 5.18. The second kappa shape index (κ2) is 17.5. The third kappa shape index (κ3) is 11.0. The van der Waals surface area contributed by atoms with E-state index in [1.807, 2.05) is 41.8 Å². The van der Waals surface area contributed by atoms with Crippen molar-refractivity contribution in [3.05, 3.63) is 16.1 Å². The lowest BCUT2D eigenvalue weighted by Crippen LogP contribution is -2.57. The molecule has 2 amide bonds. The highest BCUT2D eigenvalue weighted by atomic mass is 32.1. The predicted octanol–water partition coefficient (Wildman–Crippen LogP) is 4.03. The Labute approximate surface area is 232 Å². The molecular formula is C27H48N4O6S. The number of methoxy groups -OCH3 is 1. The minimum atomic E-state index is -1.09. The summed E-state index contributed by atoms with van der Waals surface area (Å²) in [6.07, 6.45) is 3.63. The molecule has 0 fully saturated rings. The van der Waals surface area contributed by atoms with Gasteiger partial charge in [-0.05, 0) is 32.4 Å². The number of nitrogens with zero attached hydrogens (tertiary/aromatic N) is 3. The minimum Gasteiger partial charge on any atom is -0.476 e. The number of rotatable bonds is 19. The molecule has 218 valence electrons. The molecule has 1 heterocycles. The van der Waals surface area contributed by atoms with Crippen molar-refractivity contribution in [3.8, 4) is 0 Å². The molecule has 1 aromatic heterocycles. The first kappa shape index (κ1) is 33.9. The molecule has 1 rings (SSSR count). The van der Waals surface area contributed by atoms with Crippen LogP contribution in [0.4, 0.5) is 0 Å². The van der Waals surface area contributed by atoms with Gasteiger partial charge in [0.25, 0.3) is 0 Å². The fourth-order valence-electron chi connectivity index (χ4n) is 4.12. The summed E-state index contributed by atoms with van der Waals surface area (Å²) < 4.78 is 11.7. The summed E-state index contributed by atoms with van der Waals surface area (Å²) in [5, 5.41) is 14.3. The van der Waals surface area contributed by atoms with Gasteiger partial charge in [-0.3, -0.25) is 9.59 Å². The first-order valence-corrected chi connectivity index (χ1v) is 14.4. The van der Waals surface area contributed by atoms with Crippen molar-refractivity contribution in [2.75, 3.05) is 41.1 Å². The second-order valence-electron chi connectivity index (χ2n) is 10.4. The number of thiazole rings is 1. The van der Waals surface area contributed by atoms with Gasteiger partial charge in [-0.25, -0.2) is 9.78 Å². The van der Waals surface area contributed by atoms with Crippen LogP contribution >= 0.6 is 11.3 Å². The number of likely N-dealkylation sites (N-methyl/N-ethyl adjacent to an activating group) is 1. The van der Waals surface area contributed by atoms with Gasteiger partial charge in [0.05, 0.1) is 6.54 Å². The number of carboxylic acid groups (broad SMARTS) is 1. The average molecular weight is 557 g/mol. The molecule has 0 aliphatic heterocycles. The van der Waals surface area contributed by atoms with E-state index in [4.69, 9.17) is 9.47 Å². The first-order chi connectivity index (χ1) is 18.0. The van der Waals surface area contributed by atoms with Gasteiger partial charge in [0.1, 0.15) is 23.9 Å². The van der Waals surface area contributed by atoms with Crippen LogP contribution < -0.4 is 5.32 Å². The van der Waals surface area contributed by atoms with Crippen LogP contribution in [0.1, 0.15) is 88.3 Å². The smallest absolute Gasteiger partial charge is 0.355 e. The Morgan fingerprint density at radius 1 is 1.16 bits per heavy atom. The minimum absolute atomic E-state index is 0.0271. The molecule has 2 N–H and O–H groups in total. The highest BCUT2D eigenvalue weighted by Crippen LogP contribution is 2.30. The van der Waals surface area contributed by atoms with Crippen LogP contribution in [0.3, 0.4) is 0 Å². The zero-order chi connectivity index (χ0) is 28.8. The molecule has 1 aromatic rings. The maximum atomic E-state index is 14.1. The van der Waals surface area contributed by atoms with Crippen LogP contribution in [-0.4, -0.2) is 90.8 Å². The van der Waals surface area contributed by atoms with Gasteiger partial charge in [0.15, 0.2) is 5.69 Å². The fourth-order valence-corrected chi connectivity index (χ4v) is 5.00. The van der Waals surface area contributed by atoms with Gasteiger partial charge >= 0.3 is 5.97 Å². The van der Waals surface area contributed by atoms with Gasteiger partial charge in [-0.1, -0.05) is 53.9 Å². The van der Waals surface area contributed by atoms with Crippen LogP contribution in [0, 0.1) is 11.8 Å². The SMILES string of the molecule is CCCCCOCN(C(=O)[C@@H](NC(=O)CN(C)C)[C@@H](C)CC)[C@H](C[C@@H](OC)c1nc(C(=O)O)cs1)C(C)C. The number of carboxylic acids is 1. The Morgan fingerprint density at radius 3 is 2.34 bits per heavy atom. The number of nitrogens with one attached hydrogen (secondary N) is 1. The van der Waals surface area contributed by atoms with Gasteiger partial charge in [0.2, 0.25) is 11.8 Å². The second-order valence-corrected chi connectivity index (χ2v) is 11.3. The van der Waals surface area contributed by atoms with Crippen LogP contribution in [0.25, 0.3) is 0 Å². The molecule has 0 unspecified atom stereocenters. The molecule has 10 nitrogen and oxygen atoms in total. The molecule has 0 radical (unpaired) electrons. The van der Waals surface area contributed by atoms with Crippen molar-refractivity contribution in [2.45, 2.75) is 84.9 Å². The van der Waals surface area contributed by atoms with Crippen molar-refractivity contribution in [3.63, 3.8) is 0 Å². The molecule has 0 bridgehead atoms. The largest absolute Gasteiger partial charge is 0.476 e. The van der Waals surface area contributed by atoms with Crippen molar-refractivity contribution >= 4 is 29.1 Å². The maximum Gasteiger partial charge on any atom is 0.355 e. The van der Waals surface area contributed by atoms with E-state index < -0.39 is 18.1 Å². The molecule has 0 aliphatic rings. The number of ether oxygens (including phenoxy) is 2. The third-order valence-corrected chi connectivity index (χ3v) is 7.52. The molecular weight excluding hydrogens is 508 g/mol. The standard InChI is InChI=1S/C27H48N4O6S/c1-9-11-12-13-37-17-31(26(33)24(19(5)10-2)29-23(32)15-30(6)7)21(18(3)4)14-22(36-8)25-28-20(16-38-25)27(34)35/h16,18-19,21-22,24H,9-15,17H2,1-8H3,(H,29,32)(H,34,35)/t19-,21+,22+,24-/m0/s1. The Hall–Kier alpha value is -2.08. The summed E-state index contributed by atoms with van der Waals surface area (Å²) in [6, 6.07) is -1.000. The fraction of sp³-hybridized carbons (Fsp3) is 0.778. The van der Waals surface area contributed by atoms with E-state index >= 15 is 0 Å². The quantitative estimate of drug-likeness (QED) is 0.194. The number of hydrogen-bond acceptors (Lipinski definition) is 8. The summed E-state index contributed by atoms with van der Waals surface area (Å²) >= 11 is 1.23. The van der Waals surface area contributed by atoms with Gasteiger partial charge < -0.3 is 29.7 Å². The van der Waals surface area contributed by atoms with E-state index in [-0.39, 0.29) is 48.7 Å². The number of amides is 2. The van der Waals surface area contributed by atoms with Crippen molar-refractivity contribution < 1.29 is 29.0 Å². The molecule has 38 heavy (non-hydrogen) atoms. The molecule has 0 saturated carbocycles. The lowest BCUT2D eigenvalue weighted by atomic mass is 9.93. The van der Waals surface area contributed by atoms with Crippen molar-refractivity contribution in [1.82, 2.24) is 20.1 Å². The highest BCUT2D eigenvalue weighted by Gasteiger charge is 2.36. The highest BCUT2D eigenvalue weighted by molar-refractivity contribution is 7.09. The number of aromatic nitrogens is 1. The van der Waals surface area contributed by atoms with Crippen molar-refractivity contribution in [1.29, 1.82) is 0 Å². The molecule has 0 saturated heterocycles. The average Bonchev–Trinajstić information content (AvgIpc) is 3.35. The van der Waals surface area contributed by atoms with Gasteiger partial charge in [0, 0.05) is 31.6 Å². The van der Waals surface area contributed by atoms with E-state index in [1.54, 1.807) is 16.9 Å². The van der Waals surface area contributed by atoms with Gasteiger partial charge in [-0.2, -0.15) is 0 Å². The van der Waals surface area contributed by atoms with E-state index in [0.29, 0.717) is 24.5 Å². The van der Waals surface area contributed by atoms with E-state index in [0.717, 1.165) is 19.3 Å². The van der Waals surface area contributed by atoms with E-state index in [1.165, 1.54) is 16.7 Å². The molecule has 4 atom stereocenters. The van der Waals surface area contributed by atoms with Crippen LogP contribution in [0.2, 0.25) is 0 Å². The monoisotopic (exact) mass is 556 g/mol. The summed E-state index contributed by atoms with van der Waals surface area (Å²) in [5.41, 5.74) is -0.0271. The Bertz CT molecular complexity index is 862. The number of unbranched alkanes of at least 4 members (excludes halogenated alkanes) is 2. The normalized spacial score (nSPS) is 14.8. The van der Waals surface area contributed by atoms with Gasteiger partial charge in [-0.15, -0.1) is 11.3 Å². The van der Waals surface area contributed by atoms with E-state index in [2.05, 4.69) is 17.2 Å². The Morgan fingerprint density at radius 2 is 1.84 bits per heavy atom. The van der Waals surface area contributed by atoms with Crippen molar-refractivity contribution in [2.24, 2.45) is 11.8 Å². The first-order valence-electron chi connectivity index (χ1n) is 13.5. The topological polar surface area (TPSA) is 121 Å². The Kier molecular flexibility index (Phi) is 15.6. The van der Waals surface area contributed by atoms with Crippen LogP contribution in [0.5, 0.6) is 0 Å². The Balaban J connectivity index is 3.31. The predicted molar refractivity (Wildman–Crippen MR) is 149 cm³/mol. The molecule has 0 spiro atoms. The zero-order valence-corrected chi connectivity index (χ0v) is 25.2. The van der Waals surface area contributed by atoms with E-state index in [9.17, 15) is 19.5 Å². The number of carbonyl (C=O) groups excluding carboxylic acids is 2. The van der Waals surface area contributed by atoms with Crippen LogP contribution in [-0.2, 0) is 19.1 Å². The molecule has 11 heteroatoms. The maximum absolute atomic E-state index is 14.1.